The van der Waals surface area contributed by atoms with Gasteiger partial charge in [0.05, 0.1) is 0 Å². The summed E-state index contributed by atoms with van der Waals surface area (Å²) in [4.78, 5) is 12.9. The van der Waals surface area contributed by atoms with Crippen LogP contribution in [0.5, 0.6) is 0 Å². The van der Waals surface area contributed by atoms with Crippen LogP contribution in [0.25, 0.3) is 0 Å². The lowest BCUT2D eigenvalue weighted by molar-refractivity contribution is -0.121. The second kappa shape index (κ2) is 7.01. The number of aryl methyl sites for hydroxylation is 1. The Morgan fingerprint density at radius 2 is 2.11 bits per heavy atom. The van der Waals surface area contributed by atoms with E-state index in [0.29, 0.717) is 6.42 Å². The van der Waals surface area contributed by atoms with E-state index in [0.717, 1.165) is 25.9 Å². The number of thiophene rings is 1. The average molecular weight is 262 g/mol. The molecule has 0 aliphatic heterocycles. The molecule has 0 aliphatic rings. The standard InChI is InChI=1S/C14H18N2OS/c17-14(6-3-11-16-9-1-2-10-16)15-8-7-13-5-4-12-18-13/h1-2,4-5,9-10,12H,3,6-8,11H2,(H,15,17). The molecule has 3 nitrogen and oxygen atoms in total. The lowest BCUT2D eigenvalue weighted by Gasteiger charge is -2.05. The van der Waals surface area contributed by atoms with Gasteiger partial charge in [-0.3, -0.25) is 4.79 Å². The van der Waals surface area contributed by atoms with Gasteiger partial charge >= 0.3 is 0 Å². The zero-order chi connectivity index (χ0) is 12.6. The van der Waals surface area contributed by atoms with Gasteiger partial charge in [-0.05, 0) is 36.4 Å². The van der Waals surface area contributed by atoms with Crippen molar-refractivity contribution in [3.63, 3.8) is 0 Å². The first kappa shape index (κ1) is 12.9. The van der Waals surface area contributed by atoms with Gasteiger partial charge in [0.15, 0.2) is 0 Å². The maximum atomic E-state index is 11.6. The summed E-state index contributed by atoms with van der Waals surface area (Å²) in [6.07, 6.45) is 6.46. The number of carbonyl (C=O) groups is 1. The van der Waals surface area contributed by atoms with Gasteiger partial charge in [0.1, 0.15) is 0 Å². The number of hydrogen-bond acceptors (Lipinski definition) is 2. The smallest absolute Gasteiger partial charge is 0.220 e. The number of hydrogen-bond donors (Lipinski definition) is 1. The molecule has 4 heteroatoms. The van der Waals surface area contributed by atoms with Crippen LogP contribution in [0.3, 0.4) is 0 Å². The van der Waals surface area contributed by atoms with E-state index in [1.807, 2.05) is 30.6 Å². The van der Waals surface area contributed by atoms with Crippen LogP contribution in [0.4, 0.5) is 0 Å². The first-order chi connectivity index (χ1) is 8.84. The summed E-state index contributed by atoms with van der Waals surface area (Å²) in [6.45, 7) is 1.65. The fraction of sp³-hybridized carbons (Fsp3) is 0.357. The van der Waals surface area contributed by atoms with Gasteiger partial charge in [-0.15, -0.1) is 11.3 Å². The molecule has 2 heterocycles. The van der Waals surface area contributed by atoms with Gasteiger partial charge in [-0.2, -0.15) is 0 Å². The number of nitrogens with zero attached hydrogens (tertiary/aromatic N) is 1. The van der Waals surface area contributed by atoms with Gasteiger partial charge in [0, 0.05) is 36.8 Å². The number of rotatable bonds is 7. The monoisotopic (exact) mass is 262 g/mol. The second-order valence-electron chi connectivity index (χ2n) is 4.20. The van der Waals surface area contributed by atoms with Crippen LogP contribution < -0.4 is 5.32 Å². The van der Waals surface area contributed by atoms with E-state index in [1.165, 1.54) is 4.88 Å². The molecule has 2 aromatic heterocycles. The Kier molecular flexibility index (Phi) is 5.02. The average Bonchev–Trinajstić information content (AvgIpc) is 3.01. The van der Waals surface area contributed by atoms with E-state index in [4.69, 9.17) is 0 Å². The molecule has 0 unspecified atom stereocenters. The van der Waals surface area contributed by atoms with Crippen LogP contribution in [-0.4, -0.2) is 17.0 Å². The second-order valence-corrected chi connectivity index (χ2v) is 5.24. The molecular weight excluding hydrogens is 244 g/mol. The van der Waals surface area contributed by atoms with E-state index in [1.54, 1.807) is 11.3 Å². The highest BCUT2D eigenvalue weighted by molar-refractivity contribution is 7.09. The van der Waals surface area contributed by atoms with E-state index in [9.17, 15) is 4.79 Å². The van der Waals surface area contributed by atoms with E-state index in [2.05, 4.69) is 21.3 Å². The Morgan fingerprint density at radius 3 is 2.83 bits per heavy atom. The first-order valence-corrected chi connectivity index (χ1v) is 7.12. The van der Waals surface area contributed by atoms with Crippen molar-refractivity contribution in [2.24, 2.45) is 0 Å². The highest BCUT2D eigenvalue weighted by atomic mass is 32.1. The van der Waals surface area contributed by atoms with Gasteiger partial charge in [0.2, 0.25) is 5.91 Å². The van der Waals surface area contributed by atoms with Crippen LogP contribution >= 0.6 is 11.3 Å². The van der Waals surface area contributed by atoms with Crippen molar-refractivity contribution in [3.05, 3.63) is 46.9 Å². The fourth-order valence-electron chi connectivity index (χ4n) is 1.81. The van der Waals surface area contributed by atoms with Gasteiger partial charge in [0.25, 0.3) is 0 Å². The number of carbonyl (C=O) groups excluding carboxylic acids is 1. The highest BCUT2D eigenvalue weighted by Crippen LogP contribution is 2.08. The molecule has 0 saturated carbocycles. The predicted octanol–water partition coefficient (Wildman–Crippen LogP) is 2.69. The molecule has 18 heavy (non-hydrogen) atoms. The molecule has 1 N–H and O–H groups in total. The van der Waals surface area contributed by atoms with Crippen molar-refractivity contribution in [1.82, 2.24) is 9.88 Å². The minimum Gasteiger partial charge on any atom is -0.356 e. The third-order valence-corrected chi connectivity index (χ3v) is 3.70. The summed E-state index contributed by atoms with van der Waals surface area (Å²) in [5.41, 5.74) is 0. The van der Waals surface area contributed by atoms with Crippen molar-refractivity contribution < 1.29 is 4.79 Å². The lowest BCUT2D eigenvalue weighted by atomic mass is 10.3. The first-order valence-electron chi connectivity index (χ1n) is 6.24. The van der Waals surface area contributed by atoms with Crippen LogP contribution in [-0.2, 0) is 17.8 Å². The minimum atomic E-state index is 0.152. The highest BCUT2D eigenvalue weighted by Gasteiger charge is 2.01. The number of nitrogens with one attached hydrogen (secondary N) is 1. The molecule has 0 saturated heterocycles. The van der Waals surface area contributed by atoms with Gasteiger partial charge in [-0.1, -0.05) is 6.07 Å². The molecule has 96 valence electrons. The van der Waals surface area contributed by atoms with Crippen LogP contribution in [0.15, 0.2) is 42.0 Å². The lowest BCUT2D eigenvalue weighted by Crippen LogP contribution is -2.25. The van der Waals surface area contributed by atoms with Crippen molar-refractivity contribution in [1.29, 1.82) is 0 Å². The maximum Gasteiger partial charge on any atom is 0.220 e. The molecule has 0 aromatic carbocycles. The molecule has 2 aromatic rings. The Balaban J connectivity index is 1.55. The largest absolute Gasteiger partial charge is 0.356 e. The predicted molar refractivity (Wildman–Crippen MR) is 74.7 cm³/mol. The molecular formula is C14H18N2OS. The summed E-state index contributed by atoms with van der Waals surface area (Å²) >= 11 is 1.74. The van der Waals surface area contributed by atoms with Crippen molar-refractivity contribution in [2.75, 3.05) is 6.54 Å². The summed E-state index contributed by atoms with van der Waals surface area (Å²) in [7, 11) is 0. The molecule has 0 bridgehead atoms. The topological polar surface area (TPSA) is 34.0 Å². The van der Waals surface area contributed by atoms with Gasteiger partial charge in [-0.25, -0.2) is 0 Å². The SMILES string of the molecule is O=C(CCCn1cccc1)NCCc1cccs1. The van der Waals surface area contributed by atoms with Crippen molar-refractivity contribution >= 4 is 17.2 Å². The molecule has 2 rings (SSSR count). The van der Waals surface area contributed by atoms with E-state index in [-0.39, 0.29) is 5.91 Å². The third-order valence-electron chi connectivity index (χ3n) is 2.76. The summed E-state index contributed by atoms with van der Waals surface area (Å²) in [5.74, 6) is 0.152. The number of amides is 1. The van der Waals surface area contributed by atoms with E-state index < -0.39 is 0 Å². The molecule has 1 amide bonds. The molecule has 0 fully saturated rings. The maximum absolute atomic E-state index is 11.6. The molecule has 0 spiro atoms. The zero-order valence-electron chi connectivity index (χ0n) is 10.3. The van der Waals surface area contributed by atoms with Gasteiger partial charge < -0.3 is 9.88 Å². The quantitative estimate of drug-likeness (QED) is 0.818. The summed E-state index contributed by atoms with van der Waals surface area (Å²) in [6, 6.07) is 8.14. The van der Waals surface area contributed by atoms with Crippen LogP contribution in [0, 0.1) is 0 Å². The third kappa shape index (κ3) is 4.37. The van der Waals surface area contributed by atoms with Crippen molar-refractivity contribution in [3.8, 4) is 0 Å². The van der Waals surface area contributed by atoms with E-state index >= 15 is 0 Å². The zero-order valence-corrected chi connectivity index (χ0v) is 11.2. The van der Waals surface area contributed by atoms with Crippen LogP contribution in [0.2, 0.25) is 0 Å². The van der Waals surface area contributed by atoms with Crippen molar-refractivity contribution in [2.45, 2.75) is 25.8 Å². The minimum absolute atomic E-state index is 0.152. The Hall–Kier alpha value is -1.55. The Bertz CT molecular complexity index is 406. The molecule has 0 aliphatic carbocycles. The molecule has 0 radical (unpaired) electrons. The summed E-state index contributed by atoms with van der Waals surface area (Å²) < 4.78 is 2.10. The Morgan fingerprint density at radius 1 is 1.28 bits per heavy atom. The van der Waals surface area contributed by atoms with Crippen LogP contribution in [0.1, 0.15) is 17.7 Å². The molecule has 0 atom stereocenters. The normalized spacial score (nSPS) is 10.4. The Labute approximate surface area is 111 Å². The number of aromatic nitrogens is 1. The summed E-state index contributed by atoms with van der Waals surface area (Å²) in [5, 5.41) is 5.02. The fourth-order valence-corrected chi connectivity index (χ4v) is 2.52.